The number of allylic oxidation sites excluding steroid dienone is 1. The molecule has 0 spiro atoms. The number of urea groups is 1. The maximum absolute atomic E-state index is 13.9. The molecule has 1 unspecified atom stereocenters. The van der Waals surface area contributed by atoms with Crippen LogP contribution >= 0.6 is 0 Å². The van der Waals surface area contributed by atoms with Crippen LogP contribution in [0.4, 0.5) is 10.5 Å². The number of piperidine rings is 1. The smallest absolute Gasteiger partial charge is 0.312 e. The molecule has 6 rings (SSSR count). The van der Waals surface area contributed by atoms with Crippen molar-refractivity contribution in [1.29, 1.82) is 0 Å². The van der Waals surface area contributed by atoms with Crippen LogP contribution in [0.1, 0.15) is 79.8 Å². The predicted molar refractivity (Wildman–Crippen MR) is 234 cm³/mol. The number of benzene rings is 2. The molecule has 64 heavy (non-hydrogen) atoms. The highest BCUT2D eigenvalue weighted by atomic mass is 16.2. The Morgan fingerprint density at radius 2 is 1.56 bits per heavy atom. The molecule has 3 aliphatic heterocycles. The molecule has 4 aliphatic rings. The number of nitrogens with zero attached hydrogens (tertiary/aromatic N) is 3. The Labute approximate surface area is 371 Å². The van der Waals surface area contributed by atoms with E-state index in [9.17, 15) is 43.2 Å². The Morgan fingerprint density at radius 1 is 0.859 bits per heavy atom. The van der Waals surface area contributed by atoms with Crippen molar-refractivity contribution >= 4 is 58.7 Å². The van der Waals surface area contributed by atoms with Crippen LogP contribution in [0.2, 0.25) is 0 Å². The number of rotatable bonds is 18. The molecule has 0 aromatic heterocycles. The highest BCUT2D eigenvalue weighted by Crippen LogP contribution is 2.33. The average Bonchev–Trinajstić information content (AvgIpc) is 3.60. The van der Waals surface area contributed by atoms with Gasteiger partial charge in [-0.2, -0.15) is 0 Å². The normalized spacial score (nSPS) is 20.3. The van der Waals surface area contributed by atoms with Crippen LogP contribution in [0.5, 0.6) is 0 Å². The first-order valence-electron chi connectivity index (χ1n) is 21.9. The van der Waals surface area contributed by atoms with Gasteiger partial charge in [0.1, 0.15) is 18.1 Å². The van der Waals surface area contributed by atoms with Gasteiger partial charge in [0.25, 0.3) is 5.91 Å². The van der Waals surface area contributed by atoms with Gasteiger partial charge in [0.15, 0.2) is 11.6 Å². The number of primary amides is 1. The third kappa shape index (κ3) is 12.2. The molecule has 2 saturated heterocycles. The number of amides is 8. The third-order valence-electron chi connectivity index (χ3n) is 12.1. The zero-order valence-corrected chi connectivity index (χ0v) is 36.3. The van der Waals surface area contributed by atoms with E-state index in [1.165, 1.54) is 4.90 Å². The molecule has 0 bridgehead atoms. The molecular weight excluding hydrogens is 825 g/mol. The van der Waals surface area contributed by atoms with Crippen LogP contribution in [0.3, 0.4) is 0 Å². The summed E-state index contributed by atoms with van der Waals surface area (Å²) in [4.78, 5) is 121. The van der Waals surface area contributed by atoms with Crippen molar-refractivity contribution in [2.75, 3.05) is 57.7 Å². The number of nitrogens with two attached hydrogens (primary N) is 1. The SMILES string of the molecule is CC(C)[C@H](NC(=O)CN1CCN(CCNC=C2C(=O)CC(c3ccccc3)CC2=O)CC1)C(=O)N[C@@H](CCCNC(N)=O)C(=O)Nc1cccc2c1CN(C1CCC(=O)NC1=O)C2=O. The molecule has 8 amide bonds. The summed E-state index contributed by atoms with van der Waals surface area (Å²) in [7, 11) is 0. The first kappa shape index (κ1) is 47.0. The van der Waals surface area contributed by atoms with Crippen molar-refractivity contribution in [3.05, 3.63) is 77.0 Å². The molecule has 2 aromatic carbocycles. The number of hydrogen-bond donors (Lipinski definition) is 7. The number of imide groups is 1. The van der Waals surface area contributed by atoms with E-state index < -0.39 is 53.7 Å². The standard InChI is InChI=1S/C45H58N10O9/c1-27(2)40(51-39(59)26-54-20-18-53(19-21-54)17-16-47-24-31-36(56)22-29(23-37(31)57)28-8-4-3-5-9-28)43(62)50-34(12-7-15-48-45(46)64)41(60)49-33-11-6-10-30-32(33)25-55(44(30)63)35-13-14-38(58)52-42(35)61/h3-6,8-11,24,27,29,34-35,40,47H,7,12-23,25-26H2,1-2H3,(H,49,60)(H,50,62)(H,51,59)(H3,46,48,64)(H,52,58,61)/t29?,34-,35?,40-/m0/s1. The summed E-state index contributed by atoms with van der Waals surface area (Å²) < 4.78 is 0. The van der Waals surface area contributed by atoms with Crippen LogP contribution in [-0.4, -0.2) is 138 Å². The van der Waals surface area contributed by atoms with Crippen molar-refractivity contribution in [3.63, 3.8) is 0 Å². The zero-order valence-electron chi connectivity index (χ0n) is 36.3. The summed E-state index contributed by atoms with van der Waals surface area (Å²) in [6.07, 6.45) is 2.77. The van der Waals surface area contributed by atoms with Gasteiger partial charge < -0.3 is 37.2 Å². The second kappa shape index (κ2) is 21.7. The molecule has 2 aromatic rings. The number of hydrogen-bond acceptors (Lipinski definition) is 12. The van der Waals surface area contributed by atoms with Crippen molar-refractivity contribution in [2.24, 2.45) is 11.7 Å². The van der Waals surface area contributed by atoms with Crippen LogP contribution < -0.4 is 37.6 Å². The lowest BCUT2D eigenvalue weighted by molar-refractivity contribution is -0.137. The Bertz CT molecular complexity index is 2130. The fraction of sp³-hybridized carbons (Fsp3) is 0.489. The number of Topliss-reactive ketones (excluding diaryl/α,β-unsaturated/α-hetero) is 2. The lowest BCUT2D eigenvalue weighted by atomic mass is 9.80. The highest BCUT2D eigenvalue weighted by molar-refractivity contribution is 6.22. The van der Waals surface area contributed by atoms with Crippen molar-refractivity contribution < 1.29 is 43.2 Å². The summed E-state index contributed by atoms with van der Waals surface area (Å²) in [5, 5.41) is 16.4. The van der Waals surface area contributed by atoms with Crippen LogP contribution in [-0.2, 0) is 40.1 Å². The van der Waals surface area contributed by atoms with E-state index >= 15 is 0 Å². The number of anilines is 1. The quantitative estimate of drug-likeness (QED) is 0.0461. The van der Waals surface area contributed by atoms with Gasteiger partial charge in [-0.25, -0.2) is 4.79 Å². The molecule has 3 heterocycles. The molecule has 19 heteroatoms. The zero-order chi connectivity index (χ0) is 45.9. The minimum absolute atomic E-state index is 0.0192. The van der Waals surface area contributed by atoms with Crippen LogP contribution in [0, 0.1) is 5.92 Å². The van der Waals surface area contributed by atoms with Gasteiger partial charge >= 0.3 is 6.03 Å². The molecule has 19 nitrogen and oxygen atoms in total. The Hall–Kier alpha value is -6.47. The molecule has 0 radical (unpaired) electrons. The van der Waals surface area contributed by atoms with E-state index in [0.29, 0.717) is 68.9 Å². The molecule has 1 saturated carbocycles. The first-order valence-corrected chi connectivity index (χ1v) is 21.9. The molecule has 3 fully saturated rings. The largest absolute Gasteiger partial charge is 0.389 e. The van der Waals surface area contributed by atoms with E-state index in [4.69, 9.17) is 5.73 Å². The summed E-state index contributed by atoms with van der Waals surface area (Å²) >= 11 is 0. The van der Waals surface area contributed by atoms with E-state index in [0.717, 1.165) is 5.56 Å². The minimum Gasteiger partial charge on any atom is -0.389 e. The highest BCUT2D eigenvalue weighted by Gasteiger charge is 2.40. The van der Waals surface area contributed by atoms with Gasteiger partial charge in [0.2, 0.25) is 29.5 Å². The molecule has 1 aliphatic carbocycles. The van der Waals surface area contributed by atoms with Crippen LogP contribution in [0.25, 0.3) is 0 Å². The van der Waals surface area contributed by atoms with Gasteiger partial charge in [0.05, 0.1) is 12.1 Å². The second-order valence-corrected chi connectivity index (χ2v) is 17.0. The number of fused-ring (bicyclic) bond motifs is 1. The Morgan fingerprint density at radius 3 is 2.23 bits per heavy atom. The maximum Gasteiger partial charge on any atom is 0.312 e. The van der Waals surface area contributed by atoms with E-state index in [2.05, 4.69) is 36.8 Å². The molecule has 3 atom stereocenters. The number of carbonyl (C=O) groups is 9. The third-order valence-corrected chi connectivity index (χ3v) is 12.1. The van der Waals surface area contributed by atoms with Gasteiger partial charge in [-0.1, -0.05) is 50.2 Å². The molecule has 342 valence electrons. The fourth-order valence-corrected chi connectivity index (χ4v) is 8.51. The van der Waals surface area contributed by atoms with Gasteiger partial charge in [-0.15, -0.1) is 0 Å². The fourth-order valence-electron chi connectivity index (χ4n) is 8.51. The number of nitrogens with one attached hydrogen (secondary N) is 6. The summed E-state index contributed by atoms with van der Waals surface area (Å²) in [5.41, 5.74) is 7.52. The van der Waals surface area contributed by atoms with Crippen molar-refractivity contribution in [3.8, 4) is 0 Å². The maximum atomic E-state index is 13.9. The predicted octanol–water partition coefficient (Wildman–Crippen LogP) is 0.267. The molecule has 8 N–H and O–H groups in total. The molecular formula is C45H58N10O9. The van der Waals surface area contributed by atoms with Gasteiger partial charge in [0, 0.05) is 94.6 Å². The van der Waals surface area contributed by atoms with E-state index in [-0.39, 0.29) is 80.2 Å². The topological polar surface area (TPSA) is 262 Å². The monoisotopic (exact) mass is 882 g/mol. The number of ketones is 2. The van der Waals surface area contributed by atoms with Gasteiger partial charge in [-0.3, -0.25) is 53.5 Å². The summed E-state index contributed by atoms with van der Waals surface area (Å²) in [6, 6.07) is 10.7. The van der Waals surface area contributed by atoms with Crippen molar-refractivity contribution in [1.82, 2.24) is 41.3 Å². The average molecular weight is 883 g/mol. The number of carbonyl (C=O) groups excluding carboxylic acids is 9. The lowest BCUT2D eigenvalue weighted by Gasteiger charge is -2.34. The lowest BCUT2D eigenvalue weighted by Crippen LogP contribution is -2.56. The summed E-state index contributed by atoms with van der Waals surface area (Å²) in [6.45, 7) is 7.55. The second-order valence-electron chi connectivity index (χ2n) is 17.0. The minimum atomic E-state index is -1.12. The number of piperazine rings is 1. The van der Waals surface area contributed by atoms with E-state index in [1.54, 1.807) is 38.2 Å². The van der Waals surface area contributed by atoms with E-state index in [1.807, 2.05) is 35.2 Å². The first-order chi connectivity index (χ1) is 30.7. The van der Waals surface area contributed by atoms with Gasteiger partial charge in [-0.05, 0) is 48.8 Å². The van der Waals surface area contributed by atoms with Crippen molar-refractivity contribution in [2.45, 2.75) is 83.0 Å². The van der Waals surface area contributed by atoms with Crippen LogP contribution in [0.15, 0.2) is 60.3 Å². The Balaban J connectivity index is 0.981. The summed E-state index contributed by atoms with van der Waals surface area (Å²) in [5.74, 6) is -3.69. The Kier molecular flexibility index (Phi) is 16.0.